The second kappa shape index (κ2) is 7.91. The third-order valence-corrected chi connectivity index (χ3v) is 5.92. The number of hydrogen-bond donors (Lipinski definition) is 2. The number of hydrogen-bond acceptors (Lipinski definition) is 4. The van der Waals surface area contributed by atoms with Crippen molar-refractivity contribution in [1.29, 1.82) is 0 Å². The molecule has 0 bridgehead atoms. The third-order valence-electron chi connectivity index (χ3n) is 3.63. The van der Waals surface area contributed by atoms with E-state index in [-0.39, 0.29) is 5.37 Å². The topological polar surface area (TPSA) is 58.6 Å². The number of aliphatic carboxylic acids is 1. The van der Waals surface area contributed by atoms with Gasteiger partial charge in [-0.2, -0.15) is 0 Å². The Morgan fingerprint density at radius 1 is 1.29 bits per heavy atom. The minimum atomic E-state index is -0.828. The van der Waals surface area contributed by atoms with E-state index in [1.54, 1.807) is 11.8 Å². The van der Waals surface area contributed by atoms with Crippen molar-refractivity contribution in [3.63, 3.8) is 0 Å². The Labute approximate surface area is 161 Å². The summed E-state index contributed by atoms with van der Waals surface area (Å²) < 4.78 is 7.80. The highest BCUT2D eigenvalue weighted by Gasteiger charge is 2.32. The lowest BCUT2D eigenvalue weighted by Crippen LogP contribution is -2.33. The van der Waals surface area contributed by atoms with Crippen LogP contribution < -0.4 is 10.1 Å². The van der Waals surface area contributed by atoms with Crippen LogP contribution in [0.25, 0.3) is 0 Å². The summed E-state index contributed by atoms with van der Waals surface area (Å²) in [6, 6.07) is 13.3. The van der Waals surface area contributed by atoms with Gasteiger partial charge in [0.05, 0.1) is 9.85 Å². The third kappa shape index (κ3) is 4.14. The highest BCUT2D eigenvalue weighted by molar-refractivity contribution is 9.11. The van der Waals surface area contributed by atoms with Crippen LogP contribution in [-0.2, 0) is 11.4 Å². The first-order valence-electron chi connectivity index (χ1n) is 7.30. The van der Waals surface area contributed by atoms with Crippen molar-refractivity contribution < 1.29 is 14.6 Å². The number of nitrogens with one attached hydrogen (secondary N) is 1. The molecular weight excluding hydrogens is 458 g/mol. The zero-order valence-electron chi connectivity index (χ0n) is 12.5. The van der Waals surface area contributed by atoms with Gasteiger partial charge in [0, 0.05) is 15.8 Å². The summed E-state index contributed by atoms with van der Waals surface area (Å²) in [5.74, 6) is 0.436. The Balaban J connectivity index is 1.84. The summed E-state index contributed by atoms with van der Waals surface area (Å²) in [6.45, 7) is 0.452. The van der Waals surface area contributed by atoms with Crippen molar-refractivity contribution in [2.24, 2.45) is 0 Å². The predicted molar refractivity (Wildman–Crippen MR) is 102 cm³/mol. The normalized spacial score (nSPS) is 20.1. The summed E-state index contributed by atoms with van der Waals surface area (Å²) in [7, 11) is 0. The zero-order valence-corrected chi connectivity index (χ0v) is 16.5. The number of halogens is 2. The van der Waals surface area contributed by atoms with Crippen molar-refractivity contribution >= 4 is 49.6 Å². The van der Waals surface area contributed by atoms with E-state index in [1.807, 2.05) is 42.5 Å². The summed E-state index contributed by atoms with van der Waals surface area (Å²) in [5.41, 5.74) is 2.01. The minimum Gasteiger partial charge on any atom is -0.487 e. The van der Waals surface area contributed by atoms with Gasteiger partial charge in [-0.1, -0.05) is 46.3 Å². The molecule has 0 aromatic heterocycles. The lowest BCUT2D eigenvalue weighted by molar-refractivity contribution is -0.138. The maximum Gasteiger partial charge on any atom is 0.321 e. The monoisotopic (exact) mass is 471 g/mol. The molecule has 24 heavy (non-hydrogen) atoms. The number of carboxylic acid groups (broad SMARTS) is 1. The van der Waals surface area contributed by atoms with Crippen molar-refractivity contribution in [2.45, 2.75) is 18.0 Å². The van der Waals surface area contributed by atoms with E-state index in [4.69, 9.17) is 4.74 Å². The smallest absolute Gasteiger partial charge is 0.321 e. The van der Waals surface area contributed by atoms with Gasteiger partial charge in [-0.3, -0.25) is 10.1 Å². The van der Waals surface area contributed by atoms with Gasteiger partial charge in [0.1, 0.15) is 18.4 Å². The van der Waals surface area contributed by atoms with Crippen molar-refractivity contribution in [3.05, 3.63) is 62.5 Å². The van der Waals surface area contributed by atoms with E-state index < -0.39 is 12.0 Å². The Morgan fingerprint density at radius 2 is 2.04 bits per heavy atom. The molecule has 1 heterocycles. The molecule has 1 aliphatic heterocycles. The van der Waals surface area contributed by atoms with Gasteiger partial charge in [0.25, 0.3) is 0 Å². The summed E-state index contributed by atoms with van der Waals surface area (Å²) in [5, 5.41) is 12.2. The van der Waals surface area contributed by atoms with Crippen LogP contribution >= 0.6 is 43.6 Å². The number of rotatable bonds is 5. The van der Waals surface area contributed by atoms with Crippen LogP contribution in [0.3, 0.4) is 0 Å². The largest absolute Gasteiger partial charge is 0.487 e. The quantitative estimate of drug-likeness (QED) is 0.666. The molecule has 1 saturated heterocycles. The van der Waals surface area contributed by atoms with E-state index >= 15 is 0 Å². The van der Waals surface area contributed by atoms with Crippen LogP contribution in [0.4, 0.5) is 0 Å². The van der Waals surface area contributed by atoms with Gasteiger partial charge in [-0.25, -0.2) is 0 Å². The zero-order chi connectivity index (χ0) is 17.1. The highest BCUT2D eigenvalue weighted by Crippen LogP contribution is 2.43. The molecule has 2 N–H and O–H groups in total. The molecule has 0 radical (unpaired) electrons. The van der Waals surface area contributed by atoms with Gasteiger partial charge in [0.2, 0.25) is 0 Å². The molecule has 4 nitrogen and oxygen atoms in total. The van der Waals surface area contributed by atoms with Gasteiger partial charge >= 0.3 is 5.97 Å². The fourth-order valence-corrected chi connectivity index (χ4v) is 5.06. The first-order valence-corrected chi connectivity index (χ1v) is 9.94. The molecule has 2 atom stereocenters. The summed E-state index contributed by atoms with van der Waals surface area (Å²) in [6.07, 6.45) is 0. The number of carboxylic acids is 1. The molecule has 126 valence electrons. The first kappa shape index (κ1) is 17.8. The van der Waals surface area contributed by atoms with Gasteiger partial charge in [0.15, 0.2) is 0 Å². The number of thioether (sulfide) groups is 1. The van der Waals surface area contributed by atoms with Crippen molar-refractivity contribution in [1.82, 2.24) is 5.32 Å². The minimum absolute atomic E-state index is 0.120. The maximum absolute atomic E-state index is 11.2. The Kier molecular flexibility index (Phi) is 5.86. The standard InChI is InChI=1S/C17H15Br2NO3S/c18-11-6-12(16-20-14(9-24-16)17(21)22)15(13(19)7-11)23-8-10-4-2-1-3-5-10/h1-7,14,16,20H,8-9H2,(H,21,22)/t14-,16+/m0/s1. The lowest BCUT2D eigenvalue weighted by Gasteiger charge is -2.19. The highest BCUT2D eigenvalue weighted by atomic mass is 79.9. The molecule has 3 rings (SSSR count). The first-order chi connectivity index (χ1) is 11.5. The fraction of sp³-hybridized carbons (Fsp3) is 0.235. The van der Waals surface area contributed by atoms with Crippen LogP contribution in [0.1, 0.15) is 16.5 Å². The molecule has 1 fully saturated rings. The second-order valence-electron chi connectivity index (χ2n) is 5.35. The van der Waals surface area contributed by atoms with Gasteiger partial charge in [-0.15, -0.1) is 11.8 Å². The lowest BCUT2D eigenvalue weighted by atomic mass is 10.2. The molecule has 0 unspecified atom stereocenters. The van der Waals surface area contributed by atoms with Crippen molar-refractivity contribution in [3.8, 4) is 5.75 Å². The van der Waals surface area contributed by atoms with Crippen LogP contribution in [0.15, 0.2) is 51.4 Å². The van der Waals surface area contributed by atoms with Crippen LogP contribution in [0.5, 0.6) is 5.75 Å². The van der Waals surface area contributed by atoms with E-state index in [0.717, 1.165) is 25.8 Å². The average molecular weight is 473 g/mol. The van der Waals surface area contributed by atoms with Gasteiger partial charge < -0.3 is 9.84 Å². The second-order valence-corrected chi connectivity index (χ2v) is 8.26. The Morgan fingerprint density at radius 3 is 2.71 bits per heavy atom. The van der Waals surface area contributed by atoms with Crippen LogP contribution in [0.2, 0.25) is 0 Å². The van der Waals surface area contributed by atoms with Crippen molar-refractivity contribution in [2.75, 3.05) is 5.75 Å². The molecule has 0 saturated carbocycles. The number of benzene rings is 2. The SMILES string of the molecule is O=C(O)[C@@H]1CS[C@H](c2cc(Br)cc(Br)c2OCc2ccccc2)N1. The van der Waals surface area contributed by atoms with Crippen LogP contribution in [0, 0.1) is 0 Å². The van der Waals surface area contributed by atoms with E-state index in [1.165, 1.54) is 0 Å². The molecule has 0 spiro atoms. The average Bonchev–Trinajstić information content (AvgIpc) is 3.04. The van der Waals surface area contributed by atoms with Crippen LogP contribution in [-0.4, -0.2) is 22.9 Å². The molecule has 1 aliphatic rings. The molecule has 0 amide bonds. The molecule has 2 aromatic rings. The predicted octanol–water partition coefficient (Wildman–Crippen LogP) is 4.58. The number of ether oxygens (including phenoxy) is 1. The van der Waals surface area contributed by atoms with E-state index in [2.05, 4.69) is 37.2 Å². The summed E-state index contributed by atoms with van der Waals surface area (Å²) >= 11 is 8.62. The van der Waals surface area contributed by atoms with Gasteiger partial charge in [-0.05, 0) is 33.6 Å². The number of carbonyl (C=O) groups is 1. The molecule has 0 aliphatic carbocycles. The molecule has 7 heteroatoms. The molecular formula is C17H15Br2NO3S. The molecule has 2 aromatic carbocycles. The summed E-state index contributed by atoms with van der Waals surface area (Å²) in [4.78, 5) is 11.2. The van der Waals surface area contributed by atoms with E-state index in [0.29, 0.717) is 12.4 Å². The Bertz CT molecular complexity index is 742. The maximum atomic E-state index is 11.2. The fourth-order valence-electron chi connectivity index (χ4n) is 2.45. The van der Waals surface area contributed by atoms with E-state index in [9.17, 15) is 9.90 Å². The Hall–Kier alpha value is -1.02.